The maximum absolute atomic E-state index is 11.5. The van der Waals surface area contributed by atoms with Gasteiger partial charge in [0, 0.05) is 13.5 Å². The predicted octanol–water partition coefficient (Wildman–Crippen LogP) is 1.11. The molecular weight excluding hydrogens is 218 g/mol. The minimum absolute atomic E-state index is 0.0419. The van der Waals surface area contributed by atoms with E-state index in [1.807, 2.05) is 18.2 Å². The van der Waals surface area contributed by atoms with Crippen LogP contribution in [0.15, 0.2) is 18.2 Å². The summed E-state index contributed by atoms with van der Waals surface area (Å²) in [6.07, 6.45) is 2.40. The van der Waals surface area contributed by atoms with Crippen molar-refractivity contribution >= 4 is 11.6 Å². The zero-order valence-electron chi connectivity index (χ0n) is 9.77. The molecule has 1 aromatic rings. The summed E-state index contributed by atoms with van der Waals surface area (Å²) in [5.41, 5.74) is 1.34. The number of carbonyl (C=O) groups is 1. The molecule has 0 atom stereocenters. The van der Waals surface area contributed by atoms with E-state index in [1.165, 1.54) is 0 Å². The molecule has 1 N–H and O–H groups in total. The van der Waals surface area contributed by atoms with Gasteiger partial charge in [-0.1, -0.05) is 6.07 Å². The van der Waals surface area contributed by atoms with E-state index in [1.54, 1.807) is 11.9 Å². The molecule has 1 fully saturated rings. The van der Waals surface area contributed by atoms with Crippen LogP contribution in [-0.2, 0) is 11.2 Å². The molecule has 1 saturated carbocycles. The third-order valence-corrected chi connectivity index (χ3v) is 3.47. The summed E-state index contributed by atoms with van der Waals surface area (Å²) in [7, 11) is 1.75. The third-order valence-electron chi connectivity index (χ3n) is 3.47. The van der Waals surface area contributed by atoms with E-state index in [9.17, 15) is 9.90 Å². The van der Waals surface area contributed by atoms with Crippen molar-refractivity contribution in [2.45, 2.75) is 24.9 Å². The second kappa shape index (κ2) is 3.47. The highest BCUT2D eigenvalue weighted by Gasteiger charge is 2.40. The first-order valence-electron chi connectivity index (χ1n) is 5.82. The number of aliphatic hydroxyl groups is 1. The minimum Gasteiger partial charge on any atom is -0.482 e. The molecule has 1 amide bonds. The second-order valence-corrected chi connectivity index (χ2v) is 4.94. The number of likely N-dealkylation sites (N-methyl/N-ethyl adjacent to an activating group) is 1. The fourth-order valence-electron chi connectivity index (χ4n) is 2.13. The van der Waals surface area contributed by atoms with E-state index in [-0.39, 0.29) is 12.5 Å². The molecule has 4 nitrogen and oxygen atoms in total. The molecule has 0 saturated heterocycles. The Morgan fingerprint density at radius 1 is 1.47 bits per heavy atom. The smallest absolute Gasteiger partial charge is 0.264 e. The van der Waals surface area contributed by atoms with Crippen LogP contribution in [0.1, 0.15) is 18.4 Å². The zero-order valence-corrected chi connectivity index (χ0v) is 9.77. The highest BCUT2D eigenvalue weighted by atomic mass is 16.5. The van der Waals surface area contributed by atoms with Gasteiger partial charge in [0.05, 0.1) is 11.3 Å². The fraction of sp³-hybridized carbons (Fsp3) is 0.462. The van der Waals surface area contributed by atoms with E-state index in [0.29, 0.717) is 6.42 Å². The Bertz CT molecular complexity index is 480. The van der Waals surface area contributed by atoms with Gasteiger partial charge in [-0.05, 0) is 30.5 Å². The van der Waals surface area contributed by atoms with Crippen LogP contribution >= 0.6 is 0 Å². The molecule has 1 aliphatic heterocycles. The Kier molecular flexibility index (Phi) is 2.16. The van der Waals surface area contributed by atoms with Crippen molar-refractivity contribution in [2.24, 2.45) is 0 Å². The average molecular weight is 233 g/mol. The van der Waals surface area contributed by atoms with Crippen LogP contribution in [0.25, 0.3) is 0 Å². The van der Waals surface area contributed by atoms with Crippen molar-refractivity contribution in [1.82, 2.24) is 0 Å². The number of amides is 1. The van der Waals surface area contributed by atoms with Crippen LogP contribution < -0.4 is 9.64 Å². The van der Waals surface area contributed by atoms with Crippen molar-refractivity contribution in [3.8, 4) is 5.75 Å². The minimum atomic E-state index is -0.508. The first-order valence-corrected chi connectivity index (χ1v) is 5.82. The SMILES string of the molecule is CN1C(=O)COc2ccc(CC3(O)CC3)cc21. The summed E-state index contributed by atoms with van der Waals surface area (Å²) in [5.74, 6) is 0.693. The van der Waals surface area contributed by atoms with Gasteiger partial charge < -0.3 is 14.7 Å². The summed E-state index contributed by atoms with van der Waals surface area (Å²) in [6, 6.07) is 5.76. The van der Waals surface area contributed by atoms with E-state index in [0.717, 1.165) is 29.8 Å². The molecule has 2 aliphatic rings. The number of anilines is 1. The maximum Gasteiger partial charge on any atom is 0.264 e. The number of ether oxygens (including phenoxy) is 1. The summed E-state index contributed by atoms with van der Waals surface area (Å²) >= 11 is 0. The first kappa shape index (κ1) is 10.6. The van der Waals surface area contributed by atoms with E-state index in [4.69, 9.17) is 4.74 Å². The van der Waals surface area contributed by atoms with E-state index >= 15 is 0 Å². The molecule has 0 aromatic heterocycles. The highest BCUT2D eigenvalue weighted by Crippen LogP contribution is 2.40. The fourth-order valence-corrected chi connectivity index (χ4v) is 2.13. The van der Waals surface area contributed by atoms with E-state index < -0.39 is 5.60 Å². The van der Waals surface area contributed by atoms with Gasteiger partial charge in [0.2, 0.25) is 0 Å². The third kappa shape index (κ3) is 1.89. The number of nitrogens with zero attached hydrogens (tertiary/aromatic N) is 1. The van der Waals surface area contributed by atoms with Gasteiger partial charge >= 0.3 is 0 Å². The Balaban J connectivity index is 1.91. The largest absolute Gasteiger partial charge is 0.482 e. The molecule has 1 aromatic carbocycles. The molecule has 0 bridgehead atoms. The monoisotopic (exact) mass is 233 g/mol. The molecule has 4 heteroatoms. The van der Waals surface area contributed by atoms with Gasteiger partial charge in [0.25, 0.3) is 5.91 Å². The average Bonchev–Trinajstić information content (AvgIpc) is 3.02. The lowest BCUT2D eigenvalue weighted by Crippen LogP contribution is -2.35. The number of carbonyl (C=O) groups excluding carboxylic acids is 1. The first-order chi connectivity index (χ1) is 8.07. The van der Waals surface area contributed by atoms with Crippen molar-refractivity contribution in [3.05, 3.63) is 23.8 Å². The zero-order chi connectivity index (χ0) is 12.0. The van der Waals surface area contributed by atoms with Gasteiger partial charge in [0.15, 0.2) is 6.61 Å². The Morgan fingerprint density at radius 2 is 2.24 bits per heavy atom. The number of hydrogen-bond donors (Lipinski definition) is 1. The number of rotatable bonds is 2. The number of hydrogen-bond acceptors (Lipinski definition) is 3. The summed E-state index contributed by atoms with van der Waals surface area (Å²) in [6.45, 7) is 0.104. The summed E-state index contributed by atoms with van der Waals surface area (Å²) in [4.78, 5) is 13.1. The molecule has 90 valence electrons. The van der Waals surface area contributed by atoms with Crippen LogP contribution in [-0.4, -0.2) is 30.3 Å². The molecule has 1 aliphatic carbocycles. The van der Waals surface area contributed by atoms with Gasteiger partial charge in [-0.25, -0.2) is 0 Å². The maximum atomic E-state index is 11.5. The standard InChI is InChI=1S/C13H15NO3/c1-14-10-6-9(7-13(16)4-5-13)2-3-11(10)17-8-12(14)15/h2-3,6,16H,4-5,7-8H2,1H3. The lowest BCUT2D eigenvalue weighted by Gasteiger charge is -2.26. The van der Waals surface area contributed by atoms with Crippen molar-refractivity contribution in [1.29, 1.82) is 0 Å². The topological polar surface area (TPSA) is 49.8 Å². The molecule has 17 heavy (non-hydrogen) atoms. The lowest BCUT2D eigenvalue weighted by molar-refractivity contribution is -0.120. The van der Waals surface area contributed by atoms with Gasteiger partial charge in [-0.15, -0.1) is 0 Å². The number of benzene rings is 1. The van der Waals surface area contributed by atoms with Crippen LogP contribution in [0, 0.1) is 0 Å². The van der Waals surface area contributed by atoms with Gasteiger partial charge in [0.1, 0.15) is 5.75 Å². The van der Waals surface area contributed by atoms with Crippen LogP contribution in [0.2, 0.25) is 0 Å². The van der Waals surface area contributed by atoms with Crippen molar-refractivity contribution in [3.63, 3.8) is 0 Å². The van der Waals surface area contributed by atoms with Crippen molar-refractivity contribution < 1.29 is 14.6 Å². The lowest BCUT2D eigenvalue weighted by atomic mass is 10.0. The van der Waals surface area contributed by atoms with Crippen LogP contribution in [0.5, 0.6) is 5.75 Å². The Labute approximate surface area is 99.8 Å². The molecule has 1 heterocycles. The normalized spacial score (nSPS) is 20.8. The Morgan fingerprint density at radius 3 is 2.94 bits per heavy atom. The molecule has 3 rings (SSSR count). The van der Waals surface area contributed by atoms with Crippen LogP contribution in [0.4, 0.5) is 5.69 Å². The highest BCUT2D eigenvalue weighted by molar-refractivity contribution is 5.97. The molecule has 0 spiro atoms. The van der Waals surface area contributed by atoms with E-state index in [2.05, 4.69) is 0 Å². The quantitative estimate of drug-likeness (QED) is 0.832. The van der Waals surface area contributed by atoms with Crippen LogP contribution in [0.3, 0.4) is 0 Å². The van der Waals surface area contributed by atoms with Gasteiger partial charge in [-0.2, -0.15) is 0 Å². The molecule has 0 radical (unpaired) electrons. The molecular formula is C13H15NO3. The number of fused-ring (bicyclic) bond motifs is 1. The predicted molar refractivity (Wildman–Crippen MR) is 63.2 cm³/mol. The van der Waals surface area contributed by atoms with Crippen molar-refractivity contribution in [2.75, 3.05) is 18.6 Å². The second-order valence-electron chi connectivity index (χ2n) is 4.94. The Hall–Kier alpha value is -1.55. The van der Waals surface area contributed by atoms with Gasteiger partial charge in [-0.3, -0.25) is 4.79 Å². The summed E-state index contributed by atoms with van der Waals surface area (Å²) in [5, 5.41) is 9.89. The molecule has 0 unspecified atom stereocenters. The summed E-state index contributed by atoms with van der Waals surface area (Å²) < 4.78 is 5.35.